The van der Waals surface area contributed by atoms with Crippen LogP contribution >= 0.6 is 0 Å². The van der Waals surface area contributed by atoms with Gasteiger partial charge in [-0.05, 0) is 55.8 Å². The minimum absolute atomic E-state index is 0.268. The van der Waals surface area contributed by atoms with Crippen molar-refractivity contribution in [2.75, 3.05) is 17.1 Å². The molecule has 2 saturated heterocycles. The minimum Gasteiger partial charge on any atom is -0.497 e. The molecule has 0 radical (unpaired) electrons. The van der Waals surface area contributed by atoms with Crippen molar-refractivity contribution in [1.82, 2.24) is 0 Å². The summed E-state index contributed by atoms with van der Waals surface area (Å²) in [5, 5.41) is 1.70. The summed E-state index contributed by atoms with van der Waals surface area (Å²) in [6, 6.07) is 24.0. The standard InChI is InChI=1S/C26H24N2O4/c1-17-9-13-19(14-10-17)27-24(29)23-26(2,25(27)30)22(18-11-15-21(31-3)16-12-18)28(32-23)20-7-5-4-6-8-20/h4-16,22-23H,1-3H3/t22-,23+,26-/m0/s1. The van der Waals surface area contributed by atoms with Crippen LogP contribution in [0.2, 0.25) is 0 Å². The Kier molecular flexibility index (Phi) is 4.75. The van der Waals surface area contributed by atoms with Crippen LogP contribution in [0.5, 0.6) is 5.75 Å². The van der Waals surface area contributed by atoms with Crippen LogP contribution in [-0.4, -0.2) is 25.0 Å². The van der Waals surface area contributed by atoms with Crippen molar-refractivity contribution in [3.05, 3.63) is 90.0 Å². The van der Waals surface area contributed by atoms with E-state index < -0.39 is 17.6 Å². The molecule has 2 aliphatic heterocycles. The van der Waals surface area contributed by atoms with Gasteiger partial charge in [0.2, 0.25) is 5.91 Å². The van der Waals surface area contributed by atoms with Crippen LogP contribution < -0.4 is 14.7 Å². The van der Waals surface area contributed by atoms with Crippen molar-refractivity contribution in [2.24, 2.45) is 5.41 Å². The second-order valence-electron chi connectivity index (χ2n) is 8.42. The molecule has 0 aromatic heterocycles. The lowest BCUT2D eigenvalue weighted by Crippen LogP contribution is -2.41. The van der Waals surface area contributed by atoms with Gasteiger partial charge in [-0.15, -0.1) is 0 Å². The number of anilines is 2. The van der Waals surface area contributed by atoms with Gasteiger partial charge in [0.15, 0.2) is 6.10 Å². The van der Waals surface area contributed by atoms with E-state index in [4.69, 9.17) is 9.57 Å². The van der Waals surface area contributed by atoms with Crippen LogP contribution in [0.15, 0.2) is 78.9 Å². The quantitative estimate of drug-likeness (QED) is 0.575. The maximum absolute atomic E-state index is 13.9. The number of aryl methyl sites for hydroxylation is 1. The van der Waals surface area contributed by atoms with Crippen molar-refractivity contribution >= 4 is 23.2 Å². The average Bonchev–Trinajstić information content (AvgIpc) is 3.23. The Morgan fingerprint density at radius 1 is 0.875 bits per heavy atom. The van der Waals surface area contributed by atoms with E-state index in [2.05, 4.69) is 0 Å². The van der Waals surface area contributed by atoms with E-state index in [1.165, 1.54) is 4.90 Å². The Bertz CT molecular complexity index is 1160. The van der Waals surface area contributed by atoms with Crippen LogP contribution in [-0.2, 0) is 14.4 Å². The fourth-order valence-electron chi connectivity index (χ4n) is 4.65. The molecule has 0 unspecified atom stereocenters. The number of amides is 2. The summed E-state index contributed by atoms with van der Waals surface area (Å²) in [4.78, 5) is 34.9. The molecule has 2 heterocycles. The molecule has 0 saturated carbocycles. The number of fused-ring (bicyclic) bond motifs is 1. The highest BCUT2D eigenvalue weighted by atomic mass is 16.7. The predicted molar refractivity (Wildman–Crippen MR) is 121 cm³/mol. The Labute approximate surface area is 186 Å². The third-order valence-corrected chi connectivity index (χ3v) is 6.41. The summed E-state index contributed by atoms with van der Waals surface area (Å²) in [5.41, 5.74) is 2.16. The zero-order valence-electron chi connectivity index (χ0n) is 18.2. The van der Waals surface area contributed by atoms with E-state index in [0.29, 0.717) is 5.69 Å². The number of methoxy groups -OCH3 is 1. The van der Waals surface area contributed by atoms with E-state index in [1.807, 2.05) is 80.6 Å². The first-order valence-corrected chi connectivity index (χ1v) is 10.5. The fraction of sp³-hybridized carbons (Fsp3) is 0.231. The second kappa shape index (κ2) is 7.50. The Hall–Kier alpha value is -3.64. The highest BCUT2D eigenvalue weighted by molar-refractivity contribution is 6.25. The summed E-state index contributed by atoms with van der Waals surface area (Å²) < 4.78 is 5.30. The van der Waals surface area contributed by atoms with E-state index in [0.717, 1.165) is 22.6 Å². The van der Waals surface area contributed by atoms with E-state index in [-0.39, 0.29) is 11.8 Å². The van der Waals surface area contributed by atoms with Crippen LogP contribution in [0.3, 0.4) is 0 Å². The minimum atomic E-state index is -1.10. The Balaban J connectivity index is 1.62. The molecule has 0 aliphatic carbocycles. The molecule has 6 nitrogen and oxygen atoms in total. The molecule has 2 amide bonds. The predicted octanol–water partition coefficient (Wildman–Crippen LogP) is 4.44. The molecule has 32 heavy (non-hydrogen) atoms. The molecule has 0 bridgehead atoms. The van der Waals surface area contributed by atoms with Gasteiger partial charge in [-0.25, -0.2) is 9.96 Å². The first-order valence-electron chi connectivity index (χ1n) is 10.5. The lowest BCUT2D eigenvalue weighted by atomic mass is 9.76. The Morgan fingerprint density at radius 2 is 1.53 bits per heavy atom. The highest BCUT2D eigenvalue weighted by Gasteiger charge is 2.68. The summed E-state index contributed by atoms with van der Waals surface area (Å²) >= 11 is 0. The molecule has 3 aromatic carbocycles. The van der Waals surface area contributed by atoms with Crippen molar-refractivity contribution < 1.29 is 19.2 Å². The average molecular weight is 428 g/mol. The number of benzene rings is 3. The number of rotatable bonds is 4. The fourth-order valence-corrected chi connectivity index (χ4v) is 4.65. The second-order valence-corrected chi connectivity index (χ2v) is 8.42. The van der Waals surface area contributed by atoms with Gasteiger partial charge < -0.3 is 4.74 Å². The normalized spacial score (nSPS) is 24.7. The molecule has 3 atom stereocenters. The zero-order valence-corrected chi connectivity index (χ0v) is 18.2. The monoisotopic (exact) mass is 428 g/mol. The van der Waals surface area contributed by atoms with Crippen LogP contribution in [0, 0.1) is 12.3 Å². The number of hydrogen-bond acceptors (Lipinski definition) is 5. The number of carbonyl (C=O) groups is 2. The van der Waals surface area contributed by atoms with Gasteiger partial charge in [-0.2, -0.15) is 0 Å². The van der Waals surface area contributed by atoms with Crippen LogP contribution in [0.4, 0.5) is 11.4 Å². The highest BCUT2D eigenvalue weighted by Crippen LogP contribution is 2.55. The molecule has 0 N–H and O–H groups in total. The van der Waals surface area contributed by atoms with Gasteiger partial charge in [-0.1, -0.05) is 48.0 Å². The lowest BCUT2D eigenvalue weighted by molar-refractivity contribution is -0.128. The summed E-state index contributed by atoms with van der Waals surface area (Å²) in [7, 11) is 1.61. The number of hydrogen-bond donors (Lipinski definition) is 0. The molecular weight excluding hydrogens is 404 g/mol. The number of nitrogens with zero attached hydrogens (tertiary/aromatic N) is 2. The number of para-hydroxylation sites is 1. The smallest absolute Gasteiger partial charge is 0.266 e. The van der Waals surface area contributed by atoms with Gasteiger partial charge >= 0.3 is 0 Å². The number of ether oxygens (including phenoxy) is 1. The summed E-state index contributed by atoms with van der Waals surface area (Å²) in [5.74, 6) is 0.102. The first kappa shape index (κ1) is 20.3. The van der Waals surface area contributed by atoms with Crippen molar-refractivity contribution in [3.63, 3.8) is 0 Å². The number of carbonyl (C=O) groups excluding carboxylic acids is 2. The largest absolute Gasteiger partial charge is 0.497 e. The maximum Gasteiger partial charge on any atom is 0.266 e. The lowest BCUT2D eigenvalue weighted by Gasteiger charge is -2.32. The van der Waals surface area contributed by atoms with Gasteiger partial charge in [0.1, 0.15) is 11.2 Å². The van der Waals surface area contributed by atoms with E-state index in [1.54, 1.807) is 24.3 Å². The molecular formula is C26H24N2O4. The molecule has 6 heteroatoms. The van der Waals surface area contributed by atoms with Gasteiger partial charge in [-0.3, -0.25) is 14.4 Å². The van der Waals surface area contributed by atoms with Crippen LogP contribution in [0.25, 0.3) is 0 Å². The molecule has 2 aliphatic rings. The van der Waals surface area contributed by atoms with Gasteiger partial charge in [0.05, 0.1) is 24.5 Å². The van der Waals surface area contributed by atoms with Crippen molar-refractivity contribution in [2.45, 2.75) is 26.0 Å². The number of imide groups is 1. The van der Waals surface area contributed by atoms with E-state index in [9.17, 15) is 9.59 Å². The third-order valence-electron chi connectivity index (χ3n) is 6.41. The molecule has 0 spiro atoms. The SMILES string of the molecule is COc1ccc([C@@H]2N(c3ccccc3)O[C@@H]3C(=O)N(c4ccc(C)cc4)C(=O)[C@]32C)cc1. The van der Waals surface area contributed by atoms with Gasteiger partial charge in [0, 0.05) is 0 Å². The number of hydroxylamine groups is 1. The topological polar surface area (TPSA) is 59.1 Å². The van der Waals surface area contributed by atoms with Crippen LogP contribution in [0.1, 0.15) is 24.1 Å². The molecule has 162 valence electrons. The Morgan fingerprint density at radius 3 is 2.16 bits per heavy atom. The van der Waals surface area contributed by atoms with Crippen molar-refractivity contribution in [3.8, 4) is 5.75 Å². The van der Waals surface area contributed by atoms with E-state index >= 15 is 0 Å². The molecule has 2 fully saturated rings. The maximum atomic E-state index is 13.9. The first-order chi connectivity index (χ1) is 15.4. The summed E-state index contributed by atoms with van der Waals surface area (Å²) in [6.07, 6.45) is -0.927. The molecule has 5 rings (SSSR count). The van der Waals surface area contributed by atoms with Crippen molar-refractivity contribution in [1.29, 1.82) is 0 Å². The molecule has 3 aromatic rings. The zero-order chi connectivity index (χ0) is 22.5. The summed E-state index contributed by atoms with van der Waals surface area (Å²) in [6.45, 7) is 3.79. The van der Waals surface area contributed by atoms with Gasteiger partial charge in [0.25, 0.3) is 5.91 Å². The third kappa shape index (κ3) is 2.91.